The number of hydrogen-bond acceptors (Lipinski definition) is 3. The number of piperidine rings is 1. The van der Waals surface area contributed by atoms with E-state index in [9.17, 15) is 0 Å². The van der Waals surface area contributed by atoms with E-state index in [0.717, 1.165) is 30.3 Å². The van der Waals surface area contributed by atoms with Gasteiger partial charge in [0.1, 0.15) is 15.9 Å². The van der Waals surface area contributed by atoms with Gasteiger partial charge in [-0.25, -0.2) is 0 Å². The zero-order chi connectivity index (χ0) is 21.1. The van der Waals surface area contributed by atoms with Crippen LogP contribution < -0.4 is 26.2 Å². The summed E-state index contributed by atoms with van der Waals surface area (Å²) in [5.74, 6) is 1.70. The first-order valence-corrected chi connectivity index (χ1v) is 12.9. The van der Waals surface area contributed by atoms with Gasteiger partial charge in [0, 0.05) is 20.0 Å². The number of halogens is 1. The van der Waals surface area contributed by atoms with Crippen LogP contribution in [0.4, 0.5) is 5.88 Å². The molecule has 1 aliphatic heterocycles. The number of hydrogen-bond donors (Lipinski definition) is 0. The standard InChI is InChI=1S/C27H28N2OP.HI/c1-22-28-26(27(30-22)29-20-12-5-13-21-29)31(23-14-6-2-7-15-23,24-16-8-3-9-17-24)25-18-10-4-11-19-25;/h2-4,6-11,14-19H,5,12-13,20-21H2,1H3;1H/q+1;. The van der Waals surface area contributed by atoms with E-state index in [2.05, 4.69) is 95.9 Å². The summed E-state index contributed by atoms with van der Waals surface area (Å²) >= 11 is 0. The third kappa shape index (κ3) is 4.11. The first kappa shape index (κ1) is 23.0. The molecule has 2 heterocycles. The minimum atomic E-state index is -2.24. The molecule has 1 aliphatic rings. The number of oxazole rings is 1. The first-order chi connectivity index (χ1) is 15.3. The van der Waals surface area contributed by atoms with Crippen LogP contribution in [0.15, 0.2) is 95.4 Å². The van der Waals surface area contributed by atoms with Gasteiger partial charge < -0.3 is 9.32 Å². The molecule has 0 N–H and O–H groups in total. The van der Waals surface area contributed by atoms with Crippen LogP contribution in [0.1, 0.15) is 25.2 Å². The molecular formula is C27H29IN2OP+. The second-order valence-electron chi connectivity index (χ2n) is 8.09. The predicted octanol–water partition coefficient (Wildman–Crippen LogP) is 5.21. The molecule has 0 atom stereocenters. The highest BCUT2D eigenvalue weighted by atomic mass is 127. The Balaban J connectivity index is 0.00000245. The zero-order valence-corrected chi connectivity index (χ0v) is 21.6. The van der Waals surface area contributed by atoms with Gasteiger partial charge in [0.2, 0.25) is 0 Å². The normalized spacial score (nSPS) is 14.1. The fourth-order valence-electron chi connectivity index (χ4n) is 4.70. The summed E-state index contributed by atoms with van der Waals surface area (Å²) in [7, 11) is -2.24. The molecule has 0 bridgehead atoms. The van der Waals surface area contributed by atoms with Crippen molar-refractivity contribution in [1.82, 2.24) is 4.98 Å². The van der Waals surface area contributed by atoms with Gasteiger partial charge in [0.05, 0.1) is 0 Å². The van der Waals surface area contributed by atoms with Gasteiger partial charge >= 0.3 is 0 Å². The van der Waals surface area contributed by atoms with Crippen LogP contribution in [0.5, 0.6) is 0 Å². The molecule has 0 aliphatic carbocycles. The number of aromatic nitrogens is 1. The molecule has 0 amide bonds. The van der Waals surface area contributed by atoms with Gasteiger partial charge in [0.25, 0.3) is 11.3 Å². The van der Waals surface area contributed by atoms with E-state index in [1.807, 2.05) is 6.92 Å². The highest BCUT2D eigenvalue weighted by molar-refractivity contribution is 14.0. The van der Waals surface area contributed by atoms with Crippen LogP contribution in [0.3, 0.4) is 0 Å². The Morgan fingerprint density at radius 3 is 1.56 bits per heavy atom. The van der Waals surface area contributed by atoms with E-state index in [0.29, 0.717) is 0 Å². The summed E-state index contributed by atoms with van der Waals surface area (Å²) in [5, 5.41) is 3.91. The van der Waals surface area contributed by atoms with Crippen LogP contribution in [0.2, 0.25) is 0 Å². The quantitative estimate of drug-likeness (QED) is 0.250. The molecule has 1 fully saturated rings. The lowest BCUT2D eigenvalue weighted by Gasteiger charge is -2.30. The molecular weight excluding hydrogens is 526 g/mol. The van der Waals surface area contributed by atoms with Gasteiger partial charge in [0.15, 0.2) is 13.2 Å². The molecule has 1 aromatic heterocycles. The van der Waals surface area contributed by atoms with E-state index in [1.54, 1.807) is 0 Å². The highest BCUT2D eigenvalue weighted by Crippen LogP contribution is 2.56. The third-order valence-corrected chi connectivity index (χ3v) is 10.2. The molecule has 1 saturated heterocycles. The van der Waals surface area contributed by atoms with Gasteiger partial charge in [-0.3, -0.25) is 0 Å². The molecule has 0 radical (unpaired) electrons. The molecule has 164 valence electrons. The minimum absolute atomic E-state index is 0. The van der Waals surface area contributed by atoms with Gasteiger partial charge in [-0.1, -0.05) is 54.6 Å². The average molecular weight is 555 g/mol. The molecule has 3 nitrogen and oxygen atoms in total. The minimum Gasteiger partial charge on any atom is -0.421 e. The van der Waals surface area contributed by atoms with Gasteiger partial charge in [-0.2, -0.15) is 4.98 Å². The molecule has 5 rings (SSSR count). The topological polar surface area (TPSA) is 29.3 Å². The lowest BCUT2D eigenvalue weighted by Crippen LogP contribution is -2.42. The van der Waals surface area contributed by atoms with Crippen LogP contribution in [0.25, 0.3) is 0 Å². The number of nitrogens with zero attached hydrogens (tertiary/aromatic N) is 2. The average Bonchev–Trinajstić information content (AvgIpc) is 3.24. The van der Waals surface area contributed by atoms with Crippen molar-refractivity contribution in [3.8, 4) is 0 Å². The SMILES string of the molecule is Cc1nc([P+](c2ccccc2)(c2ccccc2)c2ccccc2)c(N2CCCCC2)o1.I. The largest absolute Gasteiger partial charge is 0.421 e. The number of anilines is 1. The Kier molecular flexibility index (Phi) is 7.32. The van der Waals surface area contributed by atoms with Crippen molar-refractivity contribution in [2.45, 2.75) is 26.2 Å². The first-order valence-electron chi connectivity index (χ1n) is 11.1. The van der Waals surface area contributed by atoms with E-state index in [1.165, 1.54) is 35.2 Å². The maximum absolute atomic E-state index is 6.37. The monoisotopic (exact) mass is 555 g/mol. The third-order valence-electron chi connectivity index (χ3n) is 6.09. The number of aryl methyl sites for hydroxylation is 1. The second kappa shape index (κ2) is 10.2. The second-order valence-corrected chi connectivity index (χ2v) is 11.4. The Bertz CT molecular complexity index is 1030. The molecule has 0 unspecified atom stereocenters. The van der Waals surface area contributed by atoms with Crippen LogP contribution >= 0.6 is 31.2 Å². The van der Waals surface area contributed by atoms with Crippen LogP contribution in [-0.4, -0.2) is 18.1 Å². The lowest BCUT2D eigenvalue weighted by atomic mass is 10.1. The summed E-state index contributed by atoms with van der Waals surface area (Å²) in [6.45, 7) is 4.03. The predicted molar refractivity (Wildman–Crippen MR) is 148 cm³/mol. The van der Waals surface area contributed by atoms with Crippen molar-refractivity contribution < 1.29 is 4.42 Å². The van der Waals surface area contributed by atoms with Gasteiger partial charge in [-0.05, 0) is 55.7 Å². The smallest absolute Gasteiger partial charge is 0.261 e. The summed E-state index contributed by atoms with van der Waals surface area (Å²) < 4.78 is 6.37. The summed E-state index contributed by atoms with van der Waals surface area (Å²) in [4.78, 5) is 7.55. The maximum atomic E-state index is 6.37. The lowest BCUT2D eigenvalue weighted by molar-refractivity contribution is 0.480. The van der Waals surface area contributed by atoms with E-state index >= 15 is 0 Å². The van der Waals surface area contributed by atoms with Crippen molar-refractivity contribution in [3.05, 3.63) is 96.9 Å². The van der Waals surface area contributed by atoms with E-state index < -0.39 is 7.26 Å². The molecule has 3 aromatic carbocycles. The molecule has 0 spiro atoms. The van der Waals surface area contributed by atoms with Crippen molar-refractivity contribution in [2.24, 2.45) is 0 Å². The van der Waals surface area contributed by atoms with Crippen molar-refractivity contribution in [2.75, 3.05) is 18.0 Å². The maximum Gasteiger partial charge on any atom is 0.261 e. The van der Waals surface area contributed by atoms with Crippen LogP contribution in [0, 0.1) is 6.92 Å². The molecule has 0 saturated carbocycles. The highest BCUT2D eigenvalue weighted by Gasteiger charge is 2.53. The van der Waals surface area contributed by atoms with Crippen molar-refractivity contribution in [3.63, 3.8) is 0 Å². The Morgan fingerprint density at radius 1 is 0.688 bits per heavy atom. The van der Waals surface area contributed by atoms with Crippen molar-refractivity contribution >= 4 is 58.5 Å². The van der Waals surface area contributed by atoms with Crippen LogP contribution in [-0.2, 0) is 0 Å². The molecule has 4 aromatic rings. The zero-order valence-electron chi connectivity index (χ0n) is 18.4. The van der Waals surface area contributed by atoms with E-state index in [-0.39, 0.29) is 24.0 Å². The molecule has 32 heavy (non-hydrogen) atoms. The fraction of sp³-hybridized carbons (Fsp3) is 0.222. The molecule has 5 heteroatoms. The summed E-state index contributed by atoms with van der Waals surface area (Å²) in [5.41, 5.74) is 1.09. The Labute approximate surface area is 208 Å². The summed E-state index contributed by atoms with van der Waals surface area (Å²) in [6.07, 6.45) is 3.69. The Morgan fingerprint density at radius 2 is 1.12 bits per heavy atom. The van der Waals surface area contributed by atoms with Crippen molar-refractivity contribution in [1.29, 1.82) is 0 Å². The van der Waals surface area contributed by atoms with E-state index in [4.69, 9.17) is 9.40 Å². The summed E-state index contributed by atoms with van der Waals surface area (Å²) in [6, 6.07) is 32.7. The number of benzene rings is 3. The Hall–Kier alpha value is -2.17. The fourth-order valence-corrected chi connectivity index (χ4v) is 8.95. The number of rotatable bonds is 5. The van der Waals surface area contributed by atoms with Gasteiger partial charge in [-0.15, -0.1) is 24.0 Å².